The molecule has 2 N–H and O–H groups in total. The molecule has 1 aliphatic heterocycles. The molecule has 76 valence electrons. The molecule has 15 heavy (non-hydrogen) atoms. The summed E-state index contributed by atoms with van der Waals surface area (Å²) >= 11 is 0. The second-order valence-electron chi connectivity index (χ2n) is 3.56. The summed E-state index contributed by atoms with van der Waals surface area (Å²) in [6, 6.07) is 1.89. The van der Waals surface area contributed by atoms with Crippen molar-refractivity contribution in [3.05, 3.63) is 24.2 Å². The molecule has 2 aromatic rings. The normalized spacial score (nSPS) is 13.5. The van der Waals surface area contributed by atoms with E-state index in [2.05, 4.69) is 20.2 Å². The van der Waals surface area contributed by atoms with Crippen LogP contribution in [0.25, 0.3) is 5.69 Å². The van der Waals surface area contributed by atoms with E-state index in [0.717, 1.165) is 23.6 Å². The standard InChI is InChI=1S/C9H10N6/c1-14-5-6-4-12-13-15(6)7-2-3-11-9(10)8(7)14/h2-4H,5H2,1H3,(H2,10,11). The Bertz CT molecular complexity index is 517. The zero-order valence-electron chi connectivity index (χ0n) is 8.25. The van der Waals surface area contributed by atoms with Crippen LogP contribution in [0.15, 0.2) is 18.5 Å². The van der Waals surface area contributed by atoms with Gasteiger partial charge in [-0.25, -0.2) is 9.67 Å². The highest BCUT2D eigenvalue weighted by Crippen LogP contribution is 2.33. The molecule has 0 fully saturated rings. The molecule has 3 heterocycles. The highest BCUT2D eigenvalue weighted by Gasteiger charge is 2.22. The molecule has 0 atom stereocenters. The van der Waals surface area contributed by atoms with E-state index in [-0.39, 0.29) is 0 Å². The molecule has 0 spiro atoms. The summed E-state index contributed by atoms with van der Waals surface area (Å²) < 4.78 is 1.80. The fourth-order valence-corrected chi connectivity index (χ4v) is 1.91. The van der Waals surface area contributed by atoms with E-state index in [1.165, 1.54) is 0 Å². The minimum absolute atomic E-state index is 0.524. The van der Waals surface area contributed by atoms with Crippen molar-refractivity contribution in [2.75, 3.05) is 17.7 Å². The first-order valence-electron chi connectivity index (χ1n) is 4.63. The summed E-state index contributed by atoms with van der Waals surface area (Å²) in [7, 11) is 1.98. The maximum atomic E-state index is 5.84. The second-order valence-corrected chi connectivity index (χ2v) is 3.56. The molecule has 0 bridgehead atoms. The predicted octanol–water partition coefficient (Wildman–Crippen LogP) is 0.194. The topological polar surface area (TPSA) is 72.9 Å². The molecule has 0 amide bonds. The van der Waals surface area contributed by atoms with Crippen molar-refractivity contribution >= 4 is 11.5 Å². The first kappa shape index (κ1) is 8.22. The number of anilines is 2. The Morgan fingerprint density at radius 3 is 3.20 bits per heavy atom. The first-order chi connectivity index (χ1) is 7.27. The summed E-state index contributed by atoms with van der Waals surface area (Å²) in [4.78, 5) is 6.13. The van der Waals surface area contributed by atoms with Gasteiger partial charge in [-0.3, -0.25) is 0 Å². The number of nitrogen functional groups attached to an aromatic ring is 1. The molecule has 0 aliphatic carbocycles. The smallest absolute Gasteiger partial charge is 0.149 e. The van der Waals surface area contributed by atoms with E-state index in [1.54, 1.807) is 17.1 Å². The number of nitrogens with two attached hydrogens (primary N) is 1. The third kappa shape index (κ3) is 1.01. The van der Waals surface area contributed by atoms with Gasteiger partial charge in [0, 0.05) is 13.2 Å². The van der Waals surface area contributed by atoms with Crippen molar-refractivity contribution in [3.8, 4) is 5.69 Å². The van der Waals surface area contributed by atoms with Crippen LogP contribution in [0.2, 0.25) is 0 Å². The monoisotopic (exact) mass is 202 g/mol. The number of nitrogens with zero attached hydrogens (tertiary/aromatic N) is 5. The van der Waals surface area contributed by atoms with Crippen LogP contribution in [-0.2, 0) is 6.54 Å². The maximum Gasteiger partial charge on any atom is 0.149 e. The average molecular weight is 202 g/mol. The lowest BCUT2D eigenvalue weighted by Crippen LogP contribution is -2.27. The van der Waals surface area contributed by atoms with E-state index in [4.69, 9.17) is 5.73 Å². The van der Waals surface area contributed by atoms with Crippen LogP contribution in [0.4, 0.5) is 11.5 Å². The van der Waals surface area contributed by atoms with Crippen molar-refractivity contribution in [3.63, 3.8) is 0 Å². The average Bonchev–Trinajstić information content (AvgIpc) is 2.65. The molecule has 6 heteroatoms. The third-order valence-electron chi connectivity index (χ3n) is 2.56. The predicted molar refractivity (Wildman–Crippen MR) is 55.7 cm³/mol. The molecule has 0 aromatic carbocycles. The largest absolute Gasteiger partial charge is 0.382 e. The maximum absolute atomic E-state index is 5.84. The van der Waals surface area contributed by atoms with Gasteiger partial charge in [-0.05, 0) is 6.07 Å². The molecular formula is C9H10N6. The van der Waals surface area contributed by atoms with E-state index < -0.39 is 0 Å². The zero-order valence-corrected chi connectivity index (χ0v) is 8.25. The van der Waals surface area contributed by atoms with Gasteiger partial charge in [0.15, 0.2) is 0 Å². The van der Waals surface area contributed by atoms with Crippen LogP contribution >= 0.6 is 0 Å². The molecule has 0 saturated carbocycles. The lowest BCUT2D eigenvalue weighted by atomic mass is 10.2. The molecule has 0 unspecified atom stereocenters. The van der Waals surface area contributed by atoms with E-state index in [9.17, 15) is 0 Å². The highest BCUT2D eigenvalue weighted by atomic mass is 15.5. The minimum atomic E-state index is 0.524. The van der Waals surface area contributed by atoms with Gasteiger partial charge in [0.1, 0.15) is 11.5 Å². The molecule has 3 rings (SSSR count). The molecular weight excluding hydrogens is 192 g/mol. The Kier molecular flexibility index (Phi) is 1.47. The molecule has 1 aliphatic rings. The van der Waals surface area contributed by atoms with Crippen LogP contribution in [0.5, 0.6) is 0 Å². The lowest BCUT2D eigenvalue weighted by Gasteiger charge is -2.27. The molecule has 0 radical (unpaired) electrons. The van der Waals surface area contributed by atoms with Crippen molar-refractivity contribution in [2.24, 2.45) is 0 Å². The molecule has 0 saturated heterocycles. The Morgan fingerprint density at radius 1 is 1.47 bits per heavy atom. The summed E-state index contributed by atoms with van der Waals surface area (Å²) in [5.74, 6) is 0.524. The fraction of sp³-hybridized carbons (Fsp3) is 0.222. The SMILES string of the molecule is CN1Cc2cnnn2-c2ccnc(N)c21. The van der Waals surface area contributed by atoms with E-state index in [1.807, 2.05) is 13.1 Å². The Labute approximate surface area is 86.3 Å². The van der Waals surface area contributed by atoms with Gasteiger partial charge in [-0.2, -0.15) is 0 Å². The number of rotatable bonds is 0. The lowest BCUT2D eigenvalue weighted by molar-refractivity contribution is 0.715. The first-order valence-corrected chi connectivity index (χ1v) is 4.63. The van der Waals surface area contributed by atoms with E-state index in [0.29, 0.717) is 5.82 Å². The van der Waals surface area contributed by atoms with Gasteiger partial charge in [-0.1, -0.05) is 5.21 Å². The number of pyridine rings is 1. The van der Waals surface area contributed by atoms with Crippen LogP contribution in [0.3, 0.4) is 0 Å². The van der Waals surface area contributed by atoms with Crippen molar-refractivity contribution in [1.29, 1.82) is 0 Å². The number of hydrogen-bond donors (Lipinski definition) is 1. The minimum Gasteiger partial charge on any atom is -0.382 e. The number of aromatic nitrogens is 4. The van der Waals surface area contributed by atoms with Crippen molar-refractivity contribution < 1.29 is 0 Å². The zero-order chi connectivity index (χ0) is 10.4. The van der Waals surface area contributed by atoms with Crippen LogP contribution in [0.1, 0.15) is 5.69 Å². The summed E-state index contributed by atoms with van der Waals surface area (Å²) in [6.45, 7) is 0.746. The fourth-order valence-electron chi connectivity index (χ4n) is 1.91. The second kappa shape index (κ2) is 2.69. The van der Waals surface area contributed by atoms with Gasteiger partial charge in [-0.15, -0.1) is 5.10 Å². The van der Waals surface area contributed by atoms with Crippen molar-refractivity contribution in [1.82, 2.24) is 20.0 Å². The quantitative estimate of drug-likeness (QED) is 0.660. The number of fused-ring (bicyclic) bond motifs is 3. The Hall–Kier alpha value is -2.11. The van der Waals surface area contributed by atoms with Crippen molar-refractivity contribution in [2.45, 2.75) is 6.54 Å². The summed E-state index contributed by atoms with van der Waals surface area (Å²) in [6.07, 6.45) is 3.44. The Morgan fingerprint density at radius 2 is 2.33 bits per heavy atom. The number of hydrogen-bond acceptors (Lipinski definition) is 5. The Balaban J connectivity index is 2.33. The van der Waals surface area contributed by atoms with Gasteiger partial charge >= 0.3 is 0 Å². The van der Waals surface area contributed by atoms with E-state index >= 15 is 0 Å². The third-order valence-corrected chi connectivity index (χ3v) is 2.56. The van der Waals surface area contributed by atoms with Crippen LogP contribution < -0.4 is 10.6 Å². The van der Waals surface area contributed by atoms with Gasteiger partial charge < -0.3 is 10.6 Å². The molecule has 6 nitrogen and oxygen atoms in total. The van der Waals surface area contributed by atoms with Crippen LogP contribution in [0, 0.1) is 0 Å². The van der Waals surface area contributed by atoms with Gasteiger partial charge in [0.2, 0.25) is 0 Å². The molecule has 2 aromatic heterocycles. The summed E-state index contributed by atoms with van der Waals surface area (Å²) in [5, 5.41) is 7.92. The highest BCUT2D eigenvalue weighted by molar-refractivity contribution is 5.75. The summed E-state index contributed by atoms with van der Waals surface area (Å²) in [5.41, 5.74) is 8.74. The van der Waals surface area contributed by atoms with Gasteiger partial charge in [0.05, 0.1) is 24.1 Å². The van der Waals surface area contributed by atoms with Gasteiger partial charge in [0.25, 0.3) is 0 Å². The van der Waals surface area contributed by atoms with Crippen LogP contribution in [-0.4, -0.2) is 27.0 Å².